The van der Waals surface area contributed by atoms with Crippen molar-refractivity contribution in [3.8, 4) is 22.9 Å². The highest BCUT2D eigenvalue weighted by Gasteiger charge is 2.17. The van der Waals surface area contributed by atoms with Crippen LogP contribution in [0.1, 0.15) is 31.1 Å². The van der Waals surface area contributed by atoms with Crippen LogP contribution in [-0.2, 0) is 9.53 Å². The quantitative estimate of drug-likeness (QED) is 0.289. The molecule has 0 saturated heterocycles. The number of carbonyl (C=O) groups is 2. The fourth-order valence-corrected chi connectivity index (χ4v) is 3.27. The van der Waals surface area contributed by atoms with Gasteiger partial charge in [-0.1, -0.05) is 12.1 Å². The molecule has 3 aromatic rings. The number of carbonyl (C=O) groups excluding carboxylic acids is 2. The van der Waals surface area contributed by atoms with Crippen molar-refractivity contribution < 1.29 is 19.1 Å². The van der Waals surface area contributed by atoms with E-state index in [1.807, 2.05) is 36.2 Å². The Morgan fingerprint density at radius 2 is 1.66 bits per heavy atom. The lowest BCUT2D eigenvalue weighted by molar-refractivity contribution is -0.153. The Morgan fingerprint density at radius 1 is 1.00 bits per heavy atom. The molecule has 0 aliphatic heterocycles. The van der Waals surface area contributed by atoms with Crippen molar-refractivity contribution >= 4 is 23.5 Å². The fourth-order valence-electron chi connectivity index (χ4n) is 3.27. The monoisotopic (exact) mass is 516 g/mol. The molecule has 0 atom stereocenters. The van der Waals surface area contributed by atoms with Gasteiger partial charge < -0.3 is 20.1 Å². The molecule has 0 saturated carbocycles. The Hall–Kier alpha value is -4.49. The van der Waals surface area contributed by atoms with Gasteiger partial charge in [0, 0.05) is 35.8 Å². The first kappa shape index (κ1) is 28.1. The lowest BCUT2D eigenvalue weighted by Crippen LogP contribution is -2.34. The number of nitriles is 1. The van der Waals surface area contributed by atoms with Crippen LogP contribution in [0, 0.1) is 11.3 Å². The second-order valence-electron chi connectivity index (χ2n) is 9.54. The molecule has 3 rings (SSSR count). The van der Waals surface area contributed by atoms with E-state index < -0.39 is 11.6 Å². The summed E-state index contributed by atoms with van der Waals surface area (Å²) >= 11 is 0. The van der Waals surface area contributed by atoms with Gasteiger partial charge in [0.2, 0.25) is 5.95 Å². The lowest BCUT2D eigenvalue weighted by atomic mass is 10.1. The van der Waals surface area contributed by atoms with E-state index in [2.05, 4.69) is 26.7 Å². The highest BCUT2D eigenvalue weighted by molar-refractivity contribution is 5.96. The molecule has 0 aliphatic carbocycles. The van der Waals surface area contributed by atoms with Crippen LogP contribution in [0.2, 0.25) is 0 Å². The van der Waals surface area contributed by atoms with Gasteiger partial charge in [0.25, 0.3) is 5.91 Å². The smallest absolute Gasteiger partial charge is 0.325 e. The molecular weight excluding hydrogens is 484 g/mol. The van der Waals surface area contributed by atoms with E-state index in [1.165, 1.54) is 0 Å². The molecule has 1 heterocycles. The Balaban J connectivity index is 1.50. The summed E-state index contributed by atoms with van der Waals surface area (Å²) in [6, 6.07) is 16.5. The van der Waals surface area contributed by atoms with Gasteiger partial charge in [-0.05, 0) is 69.8 Å². The molecule has 1 aromatic heterocycles. The van der Waals surface area contributed by atoms with Crippen molar-refractivity contribution in [2.45, 2.75) is 26.4 Å². The number of nitrogens with one attached hydrogen (secondary N) is 2. The largest absolute Gasteiger partial charge is 0.492 e. The van der Waals surface area contributed by atoms with E-state index in [0.29, 0.717) is 31.2 Å². The van der Waals surface area contributed by atoms with Crippen LogP contribution >= 0.6 is 0 Å². The minimum Gasteiger partial charge on any atom is -0.492 e. The number of ether oxygens (including phenoxy) is 2. The number of likely N-dealkylation sites (N-methyl/N-ethyl adjacent to an activating group) is 1. The Kier molecular flexibility index (Phi) is 9.73. The lowest BCUT2D eigenvalue weighted by Gasteiger charge is -2.19. The molecule has 0 unspecified atom stereocenters. The molecule has 10 nitrogen and oxygen atoms in total. The molecule has 0 spiro atoms. The molecule has 0 fully saturated rings. The van der Waals surface area contributed by atoms with Crippen molar-refractivity contribution in [3.05, 3.63) is 66.5 Å². The number of benzene rings is 2. The van der Waals surface area contributed by atoms with Gasteiger partial charge in [-0.3, -0.25) is 14.5 Å². The Labute approximate surface area is 222 Å². The standard InChI is InChI=1S/C28H32N6O4/c1-28(2,3)38-25(35)19-30-26(36)21-7-5-20(6-8-21)22-17-31-27(32-18-22)33-23-9-11-24(12-10-23)37-16-15-34(4)14-13-29/h5-12,17-18H,14-16,19H2,1-4H3,(H,30,36)(H,31,32,33). The third-order valence-corrected chi connectivity index (χ3v) is 5.14. The van der Waals surface area contributed by atoms with Gasteiger partial charge in [-0.15, -0.1) is 0 Å². The first-order valence-corrected chi connectivity index (χ1v) is 12.1. The minimum atomic E-state index is -0.604. The average Bonchev–Trinajstić information content (AvgIpc) is 2.88. The van der Waals surface area contributed by atoms with E-state index in [9.17, 15) is 9.59 Å². The molecule has 198 valence electrons. The van der Waals surface area contributed by atoms with Crippen LogP contribution in [0.4, 0.5) is 11.6 Å². The highest BCUT2D eigenvalue weighted by atomic mass is 16.6. The predicted molar refractivity (Wildman–Crippen MR) is 144 cm³/mol. The van der Waals surface area contributed by atoms with E-state index >= 15 is 0 Å². The fraction of sp³-hybridized carbons (Fsp3) is 0.321. The van der Waals surface area contributed by atoms with Gasteiger partial charge in [0.1, 0.15) is 24.5 Å². The van der Waals surface area contributed by atoms with Crippen molar-refractivity contribution in [3.63, 3.8) is 0 Å². The van der Waals surface area contributed by atoms with Crippen molar-refractivity contribution in [2.24, 2.45) is 0 Å². The summed E-state index contributed by atoms with van der Waals surface area (Å²) < 4.78 is 10.9. The topological polar surface area (TPSA) is 129 Å². The number of esters is 1. The third kappa shape index (κ3) is 9.19. The summed E-state index contributed by atoms with van der Waals surface area (Å²) in [6.07, 6.45) is 3.39. The number of hydrogen-bond acceptors (Lipinski definition) is 9. The number of nitrogens with zero attached hydrogens (tertiary/aromatic N) is 4. The summed E-state index contributed by atoms with van der Waals surface area (Å²) in [7, 11) is 1.87. The molecule has 0 aliphatic rings. The predicted octanol–water partition coefficient (Wildman–Crippen LogP) is 3.79. The number of amides is 1. The summed E-state index contributed by atoms with van der Waals surface area (Å²) in [4.78, 5) is 34.8. The molecule has 0 radical (unpaired) electrons. The SMILES string of the molecule is CN(CC#N)CCOc1ccc(Nc2ncc(-c3ccc(C(=O)NCC(=O)OC(C)(C)C)cc3)cn2)cc1. The number of aromatic nitrogens is 2. The zero-order valence-corrected chi connectivity index (χ0v) is 22.0. The van der Waals surface area contributed by atoms with Crippen LogP contribution in [-0.4, -0.2) is 65.6 Å². The van der Waals surface area contributed by atoms with Crippen molar-refractivity contribution in [1.82, 2.24) is 20.2 Å². The van der Waals surface area contributed by atoms with Crippen LogP contribution in [0.5, 0.6) is 5.75 Å². The summed E-state index contributed by atoms with van der Waals surface area (Å²) in [5.74, 6) is 0.327. The number of rotatable bonds is 11. The molecule has 38 heavy (non-hydrogen) atoms. The molecule has 0 bridgehead atoms. The minimum absolute atomic E-state index is 0.198. The summed E-state index contributed by atoms with van der Waals surface area (Å²) in [5, 5.41) is 14.4. The van der Waals surface area contributed by atoms with Gasteiger partial charge in [-0.25, -0.2) is 9.97 Å². The van der Waals surface area contributed by atoms with E-state index in [1.54, 1.807) is 57.4 Å². The van der Waals surface area contributed by atoms with Crippen molar-refractivity contribution in [2.75, 3.05) is 38.6 Å². The Morgan fingerprint density at radius 3 is 2.26 bits per heavy atom. The molecular formula is C28H32N6O4. The zero-order chi connectivity index (χ0) is 27.5. The third-order valence-electron chi connectivity index (χ3n) is 5.14. The van der Waals surface area contributed by atoms with Crippen LogP contribution in [0.3, 0.4) is 0 Å². The highest BCUT2D eigenvalue weighted by Crippen LogP contribution is 2.21. The van der Waals surface area contributed by atoms with Crippen LogP contribution < -0.4 is 15.4 Å². The maximum absolute atomic E-state index is 12.3. The van der Waals surface area contributed by atoms with E-state index in [0.717, 1.165) is 22.6 Å². The molecule has 10 heteroatoms. The first-order chi connectivity index (χ1) is 18.1. The normalized spacial score (nSPS) is 10.9. The van der Waals surface area contributed by atoms with Gasteiger partial charge >= 0.3 is 5.97 Å². The van der Waals surface area contributed by atoms with Gasteiger partial charge in [-0.2, -0.15) is 5.26 Å². The molecule has 2 aromatic carbocycles. The van der Waals surface area contributed by atoms with E-state index in [4.69, 9.17) is 14.7 Å². The second kappa shape index (κ2) is 13.2. The maximum Gasteiger partial charge on any atom is 0.325 e. The molecule has 1 amide bonds. The van der Waals surface area contributed by atoms with Gasteiger partial charge in [0.15, 0.2) is 0 Å². The Bertz CT molecular complexity index is 1250. The first-order valence-electron chi connectivity index (χ1n) is 12.1. The van der Waals surface area contributed by atoms with E-state index in [-0.39, 0.29) is 12.5 Å². The molecule has 2 N–H and O–H groups in total. The average molecular weight is 517 g/mol. The van der Waals surface area contributed by atoms with Gasteiger partial charge in [0.05, 0.1) is 12.6 Å². The van der Waals surface area contributed by atoms with Crippen molar-refractivity contribution in [1.29, 1.82) is 5.26 Å². The van der Waals surface area contributed by atoms with Crippen LogP contribution in [0.15, 0.2) is 60.9 Å². The number of anilines is 2. The zero-order valence-electron chi connectivity index (χ0n) is 22.0. The maximum atomic E-state index is 12.3. The summed E-state index contributed by atoms with van der Waals surface area (Å²) in [5.41, 5.74) is 2.28. The summed E-state index contributed by atoms with van der Waals surface area (Å²) in [6.45, 7) is 6.64. The van der Waals surface area contributed by atoms with Crippen LogP contribution in [0.25, 0.3) is 11.1 Å². The number of hydrogen-bond donors (Lipinski definition) is 2. The second-order valence-corrected chi connectivity index (χ2v) is 9.54.